The maximum absolute atomic E-state index is 11.6. The number of piperazine rings is 1. The maximum Gasteiger partial charge on any atom is 0.335 e. The second kappa shape index (κ2) is 11.0. The first-order chi connectivity index (χ1) is 20.1. The fourth-order valence-corrected chi connectivity index (χ4v) is 5.78. The molecule has 1 unspecified atom stereocenters. The van der Waals surface area contributed by atoms with Gasteiger partial charge < -0.3 is 28.9 Å². The summed E-state index contributed by atoms with van der Waals surface area (Å²) in [5.41, 5.74) is 3.18. The van der Waals surface area contributed by atoms with E-state index in [-0.39, 0.29) is 17.8 Å². The minimum absolute atomic E-state index is 0.144. The zero-order chi connectivity index (χ0) is 27.8. The van der Waals surface area contributed by atoms with Gasteiger partial charge in [0, 0.05) is 44.5 Å². The number of pyridine rings is 1. The van der Waals surface area contributed by atoms with Crippen molar-refractivity contribution in [2.75, 3.05) is 55.7 Å². The number of carboxylic acids is 1. The van der Waals surface area contributed by atoms with Crippen LogP contribution in [0.3, 0.4) is 0 Å². The van der Waals surface area contributed by atoms with E-state index in [4.69, 9.17) is 19.4 Å². The van der Waals surface area contributed by atoms with Crippen molar-refractivity contribution in [3.8, 4) is 5.88 Å². The Morgan fingerprint density at radius 2 is 1.76 bits per heavy atom. The molecule has 7 rings (SSSR count). The summed E-state index contributed by atoms with van der Waals surface area (Å²) in [5, 5.41) is 9.51. The normalized spacial score (nSPS) is 19.7. The Balaban J connectivity index is 0.977. The Kier molecular flexibility index (Phi) is 6.93. The first-order valence-corrected chi connectivity index (χ1v) is 14.3. The fourth-order valence-electron chi connectivity index (χ4n) is 5.78. The zero-order valence-electron chi connectivity index (χ0n) is 22.9. The summed E-state index contributed by atoms with van der Waals surface area (Å²) in [7, 11) is 0. The van der Waals surface area contributed by atoms with Crippen molar-refractivity contribution in [2.45, 2.75) is 31.7 Å². The second-order valence-corrected chi connectivity index (χ2v) is 11.0. The van der Waals surface area contributed by atoms with Crippen LogP contribution in [0.25, 0.3) is 11.0 Å². The lowest BCUT2D eigenvalue weighted by atomic mass is 10.1. The van der Waals surface area contributed by atoms with E-state index in [1.807, 2.05) is 24.3 Å². The van der Waals surface area contributed by atoms with E-state index in [9.17, 15) is 9.90 Å². The molecule has 0 spiro atoms. The Labute approximate surface area is 238 Å². The van der Waals surface area contributed by atoms with E-state index in [1.54, 1.807) is 12.1 Å². The Bertz CT molecular complexity index is 1520. The molecule has 1 atom stereocenters. The molecule has 41 heavy (non-hydrogen) atoms. The number of nitrogens with zero attached hydrogens (tertiary/aromatic N) is 6. The number of fused-ring (bicyclic) bond motifs is 1. The SMILES string of the molecule is O=C(O)c1ccc2nc(CN3CCN(c4cccc(OC5CN(c6ccccc6)C5)n4)CC3)n(CC3CCO3)c2c1. The van der Waals surface area contributed by atoms with Gasteiger partial charge in [-0.05, 0) is 42.8 Å². The number of hydrogen-bond donors (Lipinski definition) is 1. The third-order valence-electron chi connectivity index (χ3n) is 8.28. The second-order valence-electron chi connectivity index (χ2n) is 11.0. The van der Waals surface area contributed by atoms with E-state index < -0.39 is 5.97 Å². The molecular weight excluding hydrogens is 520 g/mol. The number of anilines is 2. The van der Waals surface area contributed by atoms with E-state index in [2.05, 4.69) is 49.6 Å². The number of hydrogen-bond acceptors (Lipinski definition) is 8. The van der Waals surface area contributed by atoms with E-state index in [0.29, 0.717) is 19.0 Å². The number of para-hydroxylation sites is 1. The van der Waals surface area contributed by atoms with Crippen LogP contribution in [-0.2, 0) is 17.8 Å². The number of imidazole rings is 1. The standard InChI is InChI=1S/C31H34N6O4/c38-31(39)22-9-10-26-27(17-22)37(20-24-11-16-40-24)29(32-26)21-34-12-14-35(15-13-34)28-7-4-8-30(33-28)41-25-18-36(19-25)23-5-2-1-3-6-23/h1-10,17,24-25H,11-16,18-21H2,(H,38,39). The summed E-state index contributed by atoms with van der Waals surface area (Å²) >= 11 is 0. The third kappa shape index (κ3) is 5.45. The smallest absolute Gasteiger partial charge is 0.335 e. The number of carbonyl (C=O) groups is 1. The average molecular weight is 555 g/mol. The maximum atomic E-state index is 11.6. The number of aromatic nitrogens is 3. The van der Waals surface area contributed by atoms with Gasteiger partial charge in [0.15, 0.2) is 0 Å². The quantitative estimate of drug-likeness (QED) is 0.333. The summed E-state index contributed by atoms with van der Waals surface area (Å²) in [6, 6.07) is 21.6. The predicted octanol–water partition coefficient (Wildman–Crippen LogP) is 3.51. The van der Waals surface area contributed by atoms with Gasteiger partial charge in [0.1, 0.15) is 17.7 Å². The van der Waals surface area contributed by atoms with Crippen LogP contribution in [0.15, 0.2) is 66.7 Å². The van der Waals surface area contributed by atoms with Crippen molar-refractivity contribution < 1.29 is 19.4 Å². The van der Waals surface area contributed by atoms with Crippen LogP contribution in [0.1, 0.15) is 22.6 Å². The Morgan fingerprint density at radius 3 is 2.49 bits per heavy atom. The summed E-state index contributed by atoms with van der Waals surface area (Å²) in [5.74, 6) is 1.64. The molecule has 0 bridgehead atoms. The minimum Gasteiger partial charge on any atom is -0.478 e. The predicted molar refractivity (Wildman–Crippen MR) is 156 cm³/mol. The highest BCUT2D eigenvalue weighted by molar-refractivity contribution is 5.92. The third-order valence-corrected chi connectivity index (χ3v) is 8.28. The van der Waals surface area contributed by atoms with Crippen molar-refractivity contribution in [1.82, 2.24) is 19.4 Å². The molecule has 0 saturated carbocycles. The molecule has 2 aromatic carbocycles. The van der Waals surface area contributed by atoms with Gasteiger partial charge in [-0.25, -0.2) is 9.78 Å². The lowest BCUT2D eigenvalue weighted by Crippen LogP contribution is -2.54. The van der Waals surface area contributed by atoms with E-state index >= 15 is 0 Å². The Morgan fingerprint density at radius 1 is 0.951 bits per heavy atom. The van der Waals surface area contributed by atoms with Crippen molar-refractivity contribution in [1.29, 1.82) is 0 Å². The molecular formula is C31H34N6O4. The van der Waals surface area contributed by atoms with Gasteiger partial charge in [-0.3, -0.25) is 4.90 Å². The van der Waals surface area contributed by atoms with Gasteiger partial charge in [0.25, 0.3) is 0 Å². The molecule has 3 saturated heterocycles. The van der Waals surface area contributed by atoms with Crippen molar-refractivity contribution >= 4 is 28.5 Å². The number of aromatic carboxylic acids is 1. The molecule has 10 heteroatoms. The molecule has 3 fully saturated rings. The summed E-state index contributed by atoms with van der Waals surface area (Å²) in [4.78, 5) is 28.3. The molecule has 0 radical (unpaired) electrons. The highest BCUT2D eigenvalue weighted by Gasteiger charge is 2.29. The molecule has 1 N–H and O–H groups in total. The number of benzene rings is 2. The minimum atomic E-state index is -0.929. The number of carboxylic acid groups (broad SMARTS) is 1. The molecule has 3 aliphatic heterocycles. The monoisotopic (exact) mass is 554 g/mol. The lowest BCUT2D eigenvalue weighted by Gasteiger charge is -2.40. The van der Waals surface area contributed by atoms with Crippen molar-refractivity contribution in [3.05, 3.63) is 78.1 Å². The molecule has 4 aromatic rings. The highest BCUT2D eigenvalue weighted by atomic mass is 16.5. The van der Waals surface area contributed by atoms with Crippen LogP contribution in [0, 0.1) is 0 Å². The van der Waals surface area contributed by atoms with Gasteiger partial charge >= 0.3 is 5.97 Å². The largest absolute Gasteiger partial charge is 0.478 e. The van der Waals surface area contributed by atoms with Gasteiger partial charge in [-0.2, -0.15) is 4.98 Å². The van der Waals surface area contributed by atoms with Crippen molar-refractivity contribution in [3.63, 3.8) is 0 Å². The molecule has 0 aliphatic carbocycles. The first kappa shape index (κ1) is 25.8. The molecule has 10 nitrogen and oxygen atoms in total. The fraction of sp³-hybridized carbons (Fsp3) is 0.387. The summed E-state index contributed by atoms with van der Waals surface area (Å²) in [6.07, 6.45) is 1.31. The molecule has 212 valence electrons. The van der Waals surface area contributed by atoms with Crippen LogP contribution in [0.5, 0.6) is 5.88 Å². The highest BCUT2D eigenvalue weighted by Crippen LogP contribution is 2.26. The molecule has 2 aromatic heterocycles. The first-order valence-electron chi connectivity index (χ1n) is 14.3. The van der Waals surface area contributed by atoms with Gasteiger partial charge in [0.2, 0.25) is 5.88 Å². The van der Waals surface area contributed by atoms with Crippen molar-refractivity contribution in [2.24, 2.45) is 0 Å². The lowest BCUT2D eigenvalue weighted by molar-refractivity contribution is -0.0592. The van der Waals surface area contributed by atoms with E-state index in [0.717, 1.165) is 75.0 Å². The van der Waals surface area contributed by atoms with Crippen LogP contribution in [0.2, 0.25) is 0 Å². The summed E-state index contributed by atoms with van der Waals surface area (Å²) in [6.45, 7) is 7.38. The van der Waals surface area contributed by atoms with Crippen LogP contribution < -0.4 is 14.5 Å². The van der Waals surface area contributed by atoms with Crippen LogP contribution in [-0.4, -0.2) is 88.6 Å². The van der Waals surface area contributed by atoms with Crippen LogP contribution >= 0.6 is 0 Å². The topological polar surface area (TPSA) is 96.2 Å². The molecule has 5 heterocycles. The molecule has 0 amide bonds. The number of rotatable bonds is 9. The Hall–Kier alpha value is -4.15. The summed E-state index contributed by atoms with van der Waals surface area (Å²) < 4.78 is 14.1. The zero-order valence-corrected chi connectivity index (χ0v) is 22.9. The van der Waals surface area contributed by atoms with Gasteiger partial charge in [-0.1, -0.05) is 24.3 Å². The van der Waals surface area contributed by atoms with E-state index in [1.165, 1.54) is 5.69 Å². The average Bonchev–Trinajstić information content (AvgIpc) is 3.29. The van der Waals surface area contributed by atoms with Crippen LogP contribution in [0.4, 0.5) is 11.5 Å². The van der Waals surface area contributed by atoms with Gasteiger partial charge in [0.05, 0.1) is 48.9 Å². The van der Waals surface area contributed by atoms with Gasteiger partial charge in [-0.15, -0.1) is 0 Å². The number of ether oxygens (including phenoxy) is 2. The molecule has 3 aliphatic rings.